The van der Waals surface area contributed by atoms with Gasteiger partial charge in [0, 0.05) is 23.8 Å². The van der Waals surface area contributed by atoms with Crippen molar-refractivity contribution in [1.82, 2.24) is 19.3 Å². The molecule has 0 amide bonds. The molecule has 2 aromatic heterocycles. The molecular weight excluding hydrogens is 437 g/mol. The normalized spacial score (nSPS) is 12.6. The van der Waals surface area contributed by atoms with Gasteiger partial charge >= 0.3 is 6.18 Å². The number of nitrogens with one attached hydrogen (secondary N) is 1. The fourth-order valence-corrected chi connectivity index (χ4v) is 3.66. The minimum Gasteiger partial charge on any atom is -0.304 e. The quantitative estimate of drug-likeness (QED) is 0.650. The Morgan fingerprint density at radius 1 is 1.15 bits per heavy atom. The van der Waals surface area contributed by atoms with Gasteiger partial charge in [0.2, 0.25) is 15.8 Å². The molecular formula is C15H12BrF3N4O2S. The van der Waals surface area contributed by atoms with E-state index in [9.17, 15) is 21.6 Å². The lowest BCUT2D eigenvalue weighted by Gasteiger charge is -2.12. The summed E-state index contributed by atoms with van der Waals surface area (Å²) in [5, 5.41) is 0. The SMILES string of the molecule is O=S(=O)(NCCn1c(C(F)(F)F)nc2cccnc21)c1ccc(Br)cc1. The molecule has 26 heavy (non-hydrogen) atoms. The summed E-state index contributed by atoms with van der Waals surface area (Å²) in [6, 6.07) is 8.80. The Hall–Kier alpha value is -1.98. The predicted molar refractivity (Wildman–Crippen MR) is 91.9 cm³/mol. The monoisotopic (exact) mass is 448 g/mol. The first-order chi connectivity index (χ1) is 12.2. The number of nitrogens with zero attached hydrogens (tertiary/aromatic N) is 3. The third-order valence-electron chi connectivity index (χ3n) is 3.51. The molecule has 0 atom stereocenters. The van der Waals surface area contributed by atoms with E-state index in [1.54, 1.807) is 12.1 Å². The number of benzene rings is 1. The van der Waals surface area contributed by atoms with Crippen molar-refractivity contribution < 1.29 is 21.6 Å². The molecule has 0 radical (unpaired) electrons. The van der Waals surface area contributed by atoms with Crippen LogP contribution in [0.2, 0.25) is 0 Å². The van der Waals surface area contributed by atoms with Gasteiger partial charge in [-0.05, 0) is 36.4 Å². The van der Waals surface area contributed by atoms with E-state index in [0.717, 1.165) is 4.57 Å². The first-order valence-corrected chi connectivity index (χ1v) is 9.60. The third kappa shape index (κ3) is 3.89. The lowest BCUT2D eigenvalue weighted by molar-refractivity contribution is -0.146. The molecule has 0 unspecified atom stereocenters. The zero-order valence-corrected chi connectivity index (χ0v) is 15.4. The van der Waals surface area contributed by atoms with Crippen LogP contribution < -0.4 is 4.72 Å². The molecule has 0 fully saturated rings. The van der Waals surface area contributed by atoms with E-state index in [1.807, 2.05) is 0 Å². The van der Waals surface area contributed by atoms with E-state index in [1.165, 1.54) is 30.5 Å². The summed E-state index contributed by atoms with van der Waals surface area (Å²) >= 11 is 3.20. The van der Waals surface area contributed by atoms with Gasteiger partial charge in [0.25, 0.3) is 0 Å². The van der Waals surface area contributed by atoms with Gasteiger partial charge in [0.05, 0.1) is 4.90 Å². The zero-order valence-electron chi connectivity index (χ0n) is 13.0. The van der Waals surface area contributed by atoms with Crippen molar-refractivity contribution in [1.29, 1.82) is 0 Å². The lowest BCUT2D eigenvalue weighted by atomic mass is 10.4. The molecule has 0 aliphatic rings. The zero-order chi connectivity index (χ0) is 18.9. The average Bonchev–Trinajstić information content (AvgIpc) is 2.94. The van der Waals surface area contributed by atoms with Crippen molar-refractivity contribution in [2.75, 3.05) is 6.54 Å². The minimum absolute atomic E-state index is 0.0189. The highest BCUT2D eigenvalue weighted by Crippen LogP contribution is 2.30. The number of rotatable bonds is 5. The fraction of sp³-hybridized carbons (Fsp3) is 0.200. The van der Waals surface area contributed by atoms with Crippen LogP contribution in [0.1, 0.15) is 5.82 Å². The van der Waals surface area contributed by atoms with E-state index in [4.69, 9.17) is 0 Å². The Bertz CT molecular complexity index is 1030. The molecule has 6 nitrogen and oxygen atoms in total. The summed E-state index contributed by atoms with van der Waals surface area (Å²) in [5.41, 5.74) is 0.137. The molecule has 0 saturated carbocycles. The molecule has 3 rings (SSSR count). The van der Waals surface area contributed by atoms with E-state index in [-0.39, 0.29) is 29.1 Å². The first-order valence-electron chi connectivity index (χ1n) is 7.32. The maximum absolute atomic E-state index is 13.2. The topological polar surface area (TPSA) is 76.9 Å². The lowest BCUT2D eigenvalue weighted by Crippen LogP contribution is -2.28. The van der Waals surface area contributed by atoms with Gasteiger partial charge in [-0.2, -0.15) is 13.2 Å². The van der Waals surface area contributed by atoms with Crippen LogP contribution in [-0.4, -0.2) is 29.5 Å². The highest BCUT2D eigenvalue weighted by Gasteiger charge is 2.37. The highest BCUT2D eigenvalue weighted by molar-refractivity contribution is 9.10. The number of aromatic nitrogens is 3. The average molecular weight is 449 g/mol. The molecule has 138 valence electrons. The van der Waals surface area contributed by atoms with Gasteiger partial charge in [-0.1, -0.05) is 15.9 Å². The van der Waals surface area contributed by atoms with Gasteiger partial charge in [-0.25, -0.2) is 23.1 Å². The molecule has 1 aromatic carbocycles. The minimum atomic E-state index is -4.68. The number of halogens is 4. The van der Waals surface area contributed by atoms with Gasteiger partial charge in [0.15, 0.2) is 5.65 Å². The van der Waals surface area contributed by atoms with E-state index in [2.05, 4.69) is 30.6 Å². The van der Waals surface area contributed by atoms with Crippen molar-refractivity contribution in [3.05, 3.63) is 52.9 Å². The van der Waals surface area contributed by atoms with Crippen molar-refractivity contribution in [2.45, 2.75) is 17.6 Å². The third-order valence-corrected chi connectivity index (χ3v) is 5.51. The Kier molecular flexibility index (Phi) is 5.04. The smallest absolute Gasteiger partial charge is 0.304 e. The van der Waals surface area contributed by atoms with Crippen molar-refractivity contribution in [3.8, 4) is 0 Å². The second kappa shape index (κ2) is 6.97. The van der Waals surface area contributed by atoms with Crippen LogP contribution >= 0.6 is 15.9 Å². The Morgan fingerprint density at radius 3 is 2.50 bits per heavy atom. The van der Waals surface area contributed by atoms with Gasteiger partial charge in [0.1, 0.15) is 5.52 Å². The number of hydrogen-bond acceptors (Lipinski definition) is 4. The molecule has 0 saturated heterocycles. The maximum Gasteiger partial charge on any atom is 0.449 e. The summed E-state index contributed by atoms with van der Waals surface area (Å²) in [7, 11) is -3.84. The number of hydrogen-bond donors (Lipinski definition) is 1. The molecule has 3 aromatic rings. The first kappa shape index (κ1) is 18.8. The van der Waals surface area contributed by atoms with E-state index in [0.29, 0.717) is 4.47 Å². The fourth-order valence-electron chi connectivity index (χ4n) is 2.38. The Labute approximate surface area is 155 Å². The second-order valence-corrected chi connectivity index (χ2v) is 7.97. The van der Waals surface area contributed by atoms with Crippen LogP contribution in [0.3, 0.4) is 0 Å². The van der Waals surface area contributed by atoms with Gasteiger partial charge in [-0.3, -0.25) is 0 Å². The van der Waals surface area contributed by atoms with Gasteiger partial charge < -0.3 is 4.57 Å². The number of sulfonamides is 1. The largest absolute Gasteiger partial charge is 0.449 e. The number of imidazole rings is 1. The summed E-state index contributed by atoms with van der Waals surface area (Å²) < 4.78 is 67.9. The van der Waals surface area contributed by atoms with Crippen molar-refractivity contribution >= 4 is 37.1 Å². The summed E-state index contributed by atoms with van der Waals surface area (Å²) in [6.07, 6.45) is -3.32. The second-order valence-electron chi connectivity index (χ2n) is 5.28. The van der Waals surface area contributed by atoms with Crippen LogP contribution in [0.4, 0.5) is 13.2 Å². The van der Waals surface area contributed by atoms with Crippen LogP contribution in [0.25, 0.3) is 11.2 Å². The van der Waals surface area contributed by atoms with Crippen molar-refractivity contribution in [2.24, 2.45) is 0 Å². The number of pyridine rings is 1. The molecule has 1 N–H and O–H groups in total. The number of fused-ring (bicyclic) bond motifs is 1. The molecule has 0 aliphatic carbocycles. The van der Waals surface area contributed by atoms with Crippen LogP contribution in [-0.2, 0) is 22.7 Å². The Morgan fingerprint density at radius 2 is 1.85 bits per heavy atom. The predicted octanol–water partition coefficient (Wildman–Crippen LogP) is 3.19. The Balaban J connectivity index is 1.83. The highest BCUT2D eigenvalue weighted by atomic mass is 79.9. The summed E-state index contributed by atoms with van der Waals surface area (Å²) in [6.45, 7) is -0.512. The van der Waals surface area contributed by atoms with Crippen LogP contribution in [0, 0.1) is 0 Å². The molecule has 11 heteroatoms. The van der Waals surface area contributed by atoms with Crippen molar-refractivity contribution in [3.63, 3.8) is 0 Å². The standard InChI is InChI=1S/C15H12BrF3N4O2S/c16-10-3-5-11(6-4-10)26(24,25)21-8-9-23-13-12(2-1-7-20-13)22-14(23)15(17,18)19/h1-7,21H,8-9H2. The summed E-state index contributed by atoms with van der Waals surface area (Å²) in [4.78, 5) is 7.50. The van der Waals surface area contributed by atoms with E-state index >= 15 is 0 Å². The van der Waals surface area contributed by atoms with E-state index < -0.39 is 22.0 Å². The maximum atomic E-state index is 13.2. The molecule has 0 aliphatic heterocycles. The van der Waals surface area contributed by atoms with Gasteiger partial charge in [-0.15, -0.1) is 0 Å². The molecule has 2 heterocycles. The number of alkyl halides is 3. The molecule has 0 spiro atoms. The summed E-state index contributed by atoms with van der Waals surface area (Å²) in [5.74, 6) is -1.12. The van der Waals surface area contributed by atoms with Crippen LogP contribution in [0.5, 0.6) is 0 Å². The molecule has 0 bridgehead atoms. The van der Waals surface area contributed by atoms with Crippen LogP contribution in [0.15, 0.2) is 52.0 Å².